The first-order chi connectivity index (χ1) is 13.6. The number of nitrogens with zero attached hydrogens (tertiary/aromatic N) is 3. The summed E-state index contributed by atoms with van der Waals surface area (Å²) in [6, 6.07) is 13.6. The van der Waals surface area contributed by atoms with Crippen LogP contribution in [0, 0.1) is 0 Å². The van der Waals surface area contributed by atoms with Crippen LogP contribution in [0.2, 0.25) is 5.02 Å². The highest BCUT2D eigenvalue weighted by atomic mass is 35.5. The predicted molar refractivity (Wildman–Crippen MR) is 115 cm³/mol. The van der Waals surface area contributed by atoms with Crippen LogP contribution in [0.25, 0.3) is 10.9 Å². The molecule has 2 heterocycles. The minimum absolute atomic E-state index is 0.0698. The van der Waals surface area contributed by atoms with Gasteiger partial charge in [0, 0.05) is 34.2 Å². The molecule has 28 heavy (non-hydrogen) atoms. The van der Waals surface area contributed by atoms with Crippen molar-refractivity contribution in [3.63, 3.8) is 0 Å². The van der Waals surface area contributed by atoms with Crippen LogP contribution >= 0.6 is 34.7 Å². The largest absolute Gasteiger partial charge is 0.347 e. The molecule has 0 aliphatic rings. The average Bonchev–Trinajstić information content (AvgIpc) is 3.32. The number of hydrogen-bond acceptors (Lipinski definition) is 5. The van der Waals surface area contributed by atoms with Crippen molar-refractivity contribution in [3.05, 3.63) is 64.8 Å². The minimum Gasteiger partial charge on any atom is -0.347 e. The summed E-state index contributed by atoms with van der Waals surface area (Å²) in [4.78, 5) is 13.5. The van der Waals surface area contributed by atoms with Gasteiger partial charge in [-0.15, -0.1) is 10.2 Å². The Kier molecular flexibility index (Phi) is 5.66. The maximum absolute atomic E-state index is 12.6. The number of benzene rings is 2. The van der Waals surface area contributed by atoms with Crippen molar-refractivity contribution >= 4 is 57.2 Å². The van der Waals surface area contributed by atoms with E-state index in [4.69, 9.17) is 11.6 Å². The molecule has 0 fully saturated rings. The Morgan fingerprint density at radius 1 is 1.29 bits per heavy atom. The van der Waals surface area contributed by atoms with Crippen LogP contribution in [0.4, 0.5) is 5.69 Å². The first kappa shape index (κ1) is 19.0. The van der Waals surface area contributed by atoms with Crippen molar-refractivity contribution in [1.82, 2.24) is 14.8 Å². The van der Waals surface area contributed by atoms with Gasteiger partial charge >= 0.3 is 0 Å². The molecule has 142 valence electrons. The zero-order valence-corrected chi connectivity index (χ0v) is 17.4. The van der Waals surface area contributed by atoms with E-state index >= 15 is 0 Å². The van der Waals surface area contributed by atoms with Crippen molar-refractivity contribution < 1.29 is 4.79 Å². The lowest BCUT2D eigenvalue weighted by Crippen LogP contribution is -2.14. The predicted octanol–water partition coefficient (Wildman–Crippen LogP) is 5.50. The zero-order valence-electron chi connectivity index (χ0n) is 15.1. The van der Waals surface area contributed by atoms with E-state index in [1.165, 1.54) is 23.1 Å². The fourth-order valence-electron chi connectivity index (χ4n) is 3.07. The quantitative estimate of drug-likeness (QED) is 0.440. The third-order valence-electron chi connectivity index (χ3n) is 4.32. The van der Waals surface area contributed by atoms with Crippen LogP contribution in [-0.4, -0.2) is 20.7 Å². The van der Waals surface area contributed by atoms with Crippen molar-refractivity contribution in [3.8, 4) is 0 Å². The van der Waals surface area contributed by atoms with Crippen LogP contribution in [0.1, 0.15) is 12.5 Å². The minimum atomic E-state index is -0.0698. The van der Waals surface area contributed by atoms with Crippen LogP contribution in [-0.2, 0) is 17.8 Å². The molecule has 0 spiro atoms. The van der Waals surface area contributed by atoms with Gasteiger partial charge in [-0.1, -0.05) is 52.9 Å². The normalized spacial score (nSPS) is 11.1. The molecule has 2 aromatic carbocycles. The highest BCUT2D eigenvalue weighted by Crippen LogP contribution is 2.35. The van der Waals surface area contributed by atoms with Gasteiger partial charge in [0.15, 0.2) is 4.34 Å². The van der Waals surface area contributed by atoms with Crippen LogP contribution in [0.15, 0.2) is 63.4 Å². The van der Waals surface area contributed by atoms with Crippen molar-refractivity contribution in [2.75, 3.05) is 5.32 Å². The number of amides is 1. The van der Waals surface area contributed by atoms with Crippen molar-refractivity contribution in [2.45, 2.75) is 29.1 Å². The number of rotatable bonds is 6. The van der Waals surface area contributed by atoms with Gasteiger partial charge in [0.2, 0.25) is 5.91 Å². The number of hydrogen-bond donors (Lipinski definition) is 1. The Morgan fingerprint density at radius 3 is 2.89 bits per heavy atom. The number of carbonyl (C=O) groups is 1. The van der Waals surface area contributed by atoms with Gasteiger partial charge in [-0.05, 0) is 36.8 Å². The lowest BCUT2D eigenvalue weighted by atomic mass is 10.1. The molecule has 0 radical (unpaired) electrons. The van der Waals surface area contributed by atoms with E-state index < -0.39 is 0 Å². The second-order valence-corrected chi connectivity index (χ2v) is 8.66. The van der Waals surface area contributed by atoms with Crippen LogP contribution in [0.3, 0.4) is 0 Å². The summed E-state index contributed by atoms with van der Waals surface area (Å²) in [5.41, 5.74) is 4.52. The number of halogens is 1. The third-order valence-corrected chi connectivity index (χ3v) is 6.59. The highest BCUT2D eigenvalue weighted by molar-refractivity contribution is 8.01. The molecule has 5 nitrogen and oxygen atoms in total. The smallest absolute Gasteiger partial charge is 0.228 e. The number of fused-ring (bicyclic) bond motifs is 1. The van der Waals surface area contributed by atoms with Gasteiger partial charge in [0.25, 0.3) is 0 Å². The van der Waals surface area contributed by atoms with Gasteiger partial charge in [-0.25, -0.2) is 0 Å². The van der Waals surface area contributed by atoms with Gasteiger partial charge in [-0.2, -0.15) is 0 Å². The Morgan fingerprint density at radius 2 is 2.14 bits per heavy atom. The van der Waals surface area contributed by atoms with Crippen LogP contribution in [0.5, 0.6) is 0 Å². The molecule has 4 rings (SSSR count). The van der Waals surface area contributed by atoms with E-state index in [-0.39, 0.29) is 5.91 Å². The van der Waals surface area contributed by atoms with Gasteiger partial charge < -0.3 is 9.88 Å². The Balaban J connectivity index is 1.48. The Bertz CT molecular complexity index is 1120. The van der Waals surface area contributed by atoms with E-state index in [9.17, 15) is 4.79 Å². The molecule has 0 atom stereocenters. The third kappa shape index (κ3) is 4.06. The Labute approximate surface area is 175 Å². The summed E-state index contributed by atoms with van der Waals surface area (Å²) in [6.07, 6.45) is 2.37. The molecule has 0 aliphatic heterocycles. The maximum atomic E-state index is 12.6. The summed E-state index contributed by atoms with van der Waals surface area (Å²) in [5, 5.41) is 12.4. The van der Waals surface area contributed by atoms with E-state index in [1.807, 2.05) is 24.3 Å². The maximum Gasteiger partial charge on any atom is 0.228 e. The SMILES string of the molecule is CCn1cc(CC(=O)Nc2ccc(Sc3nncs3)c(Cl)c2)c2ccccc21. The molecule has 0 saturated heterocycles. The summed E-state index contributed by atoms with van der Waals surface area (Å²) in [5.74, 6) is -0.0698. The topological polar surface area (TPSA) is 59.8 Å². The molecule has 8 heteroatoms. The number of aromatic nitrogens is 3. The lowest BCUT2D eigenvalue weighted by molar-refractivity contribution is -0.115. The monoisotopic (exact) mass is 428 g/mol. The second kappa shape index (κ2) is 8.34. The van der Waals surface area contributed by atoms with Gasteiger partial charge in [0.1, 0.15) is 5.51 Å². The fraction of sp³-hybridized carbons (Fsp3) is 0.150. The summed E-state index contributed by atoms with van der Waals surface area (Å²) in [6.45, 7) is 2.96. The zero-order chi connectivity index (χ0) is 19.5. The molecule has 1 N–H and O–H groups in total. The molecule has 0 bridgehead atoms. The summed E-state index contributed by atoms with van der Waals surface area (Å²) in [7, 11) is 0. The molecule has 0 aliphatic carbocycles. The van der Waals surface area contributed by atoms with E-state index in [2.05, 4.69) is 45.3 Å². The van der Waals surface area contributed by atoms with E-state index in [0.717, 1.165) is 32.2 Å². The molecule has 4 aromatic rings. The Hall–Kier alpha value is -2.35. The summed E-state index contributed by atoms with van der Waals surface area (Å²) < 4.78 is 2.99. The molecular formula is C20H17ClN4OS2. The number of carbonyl (C=O) groups excluding carboxylic acids is 1. The highest BCUT2D eigenvalue weighted by Gasteiger charge is 2.13. The first-order valence-electron chi connectivity index (χ1n) is 8.74. The van der Waals surface area contributed by atoms with Crippen molar-refractivity contribution in [1.29, 1.82) is 0 Å². The average molecular weight is 429 g/mol. The molecule has 0 unspecified atom stereocenters. The van der Waals surface area contributed by atoms with Crippen LogP contribution < -0.4 is 5.32 Å². The number of nitrogens with one attached hydrogen (secondary N) is 1. The summed E-state index contributed by atoms with van der Waals surface area (Å²) >= 11 is 9.28. The van der Waals surface area contributed by atoms with E-state index in [0.29, 0.717) is 17.1 Å². The van der Waals surface area contributed by atoms with Crippen molar-refractivity contribution in [2.24, 2.45) is 0 Å². The second-order valence-electron chi connectivity index (χ2n) is 6.13. The van der Waals surface area contributed by atoms with E-state index in [1.54, 1.807) is 11.6 Å². The number of aryl methyl sites for hydroxylation is 1. The molecular weight excluding hydrogens is 412 g/mol. The van der Waals surface area contributed by atoms with Gasteiger partial charge in [-0.3, -0.25) is 4.79 Å². The standard InChI is InChI=1S/C20H17ClN4OS2/c1-2-25-11-13(15-5-3-4-6-17(15)25)9-19(26)23-14-7-8-18(16(21)10-14)28-20-24-22-12-27-20/h3-8,10-12H,2,9H2,1H3,(H,23,26). The fourth-order valence-corrected chi connectivity index (χ4v) is 4.80. The number of para-hydroxylation sites is 1. The molecule has 0 saturated carbocycles. The van der Waals surface area contributed by atoms with Gasteiger partial charge in [0.05, 0.1) is 11.4 Å². The molecule has 2 aromatic heterocycles. The molecule has 1 amide bonds. The lowest BCUT2D eigenvalue weighted by Gasteiger charge is -2.08. The number of anilines is 1. The first-order valence-corrected chi connectivity index (χ1v) is 10.8.